The van der Waals surface area contributed by atoms with E-state index in [4.69, 9.17) is 9.47 Å². The molecule has 0 bridgehead atoms. The fourth-order valence-electron chi connectivity index (χ4n) is 3.32. The second kappa shape index (κ2) is 9.50. The Balaban J connectivity index is 1.69. The third-order valence-electron chi connectivity index (χ3n) is 4.58. The Morgan fingerprint density at radius 1 is 1.32 bits per heavy atom. The minimum atomic E-state index is -0.247. The number of hydrogen-bond donors (Lipinski definition) is 1. The van der Waals surface area contributed by atoms with Gasteiger partial charge in [0.15, 0.2) is 5.96 Å². The molecule has 2 unspecified atom stereocenters. The van der Waals surface area contributed by atoms with Crippen molar-refractivity contribution in [1.82, 2.24) is 15.2 Å². The van der Waals surface area contributed by atoms with Crippen molar-refractivity contribution >= 4 is 5.96 Å². The Hall–Kier alpha value is -2.67. The number of benzene rings is 1. The van der Waals surface area contributed by atoms with Gasteiger partial charge in [-0.1, -0.05) is 18.2 Å². The van der Waals surface area contributed by atoms with E-state index >= 15 is 0 Å². The number of nitrogens with one attached hydrogen (secondary N) is 1. The van der Waals surface area contributed by atoms with Gasteiger partial charge >= 0.3 is 0 Å². The van der Waals surface area contributed by atoms with Crippen LogP contribution in [0.4, 0.5) is 4.39 Å². The number of rotatable bonds is 5. The molecule has 0 radical (unpaired) electrons. The van der Waals surface area contributed by atoms with Crippen molar-refractivity contribution in [1.29, 1.82) is 0 Å². The standard InChI is InChI=1S/C21H27FN4O2/c1-4-27-20-17(6-5-11-24-20)12-25-21(23-3)26-13-15(2)28-19(14-26)16-7-9-18(22)10-8-16/h5-11,15,19H,4,12-14H2,1-3H3,(H,23,25). The summed E-state index contributed by atoms with van der Waals surface area (Å²) in [4.78, 5) is 10.9. The molecule has 6 nitrogen and oxygen atoms in total. The lowest BCUT2D eigenvalue weighted by Gasteiger charge is -2.38. The van der Waals surface area contributed by atoms with E-state index in [1.54, 1.807) is 25.4 Å². The number of morpholine rings is 1. The molecule has 1 fully saturated rings. The van der Waals surface area contributed by atoms with E-state index in [1.165, 1.54) is 12.1 Å². The van der Waals surface area contributed by atoms with Crippen molar-refractivity contribution in [3.63, 3.8) is 0 Å². The maximum atomic E-state index is 13.2. The van der Waals surface area contributed by atoms with Crippen LogP contribution >= 0.6 is 0 Å². The number of hydrogen-bond acceptors (Lipinski definition) is 4. The molecule has 0 aliphatic carbocycles. The zero-order valence-electron chi connectivity index (χ0n) is 16.6. The molecule has 1 aliphatic heterocycles. The largest absolute Gasteiger partial charge is 0.478 e. The van der Waals surface area contributed by atoms with Crippen LogP contribution in [0.1, 0.15) is 31.1 Å². The number of guanidine groups is 1. The van der Waals surface area contributed by atoms with E-state index < -0.39 is 0 Å². The lowest BCUT2D eigenvalue weighted by molar-refractivity contribution is -0.0605. The first-order valence-corrected chi connectivity index (χ1v) is 9.54. The topological polar surface area (TPSA) is 59.0 Å². The van der Waals surface area contributed by atoms with Crippen LogP contribution in [0.5, 0.6) is 5.88 Å². The van der Waals surface area contributed by atoms with Crippen LogP contribution in [0.3, 0.4) is 0 Å². The van der Waals surface area contributed by atoms with E-state index in [1.807, 2.05) is 26.0 Å². The molecule has 28 heavy (non-hydrogen) atoms. The SMILES string of the molecule is CCOc1ncccc1CNC(=NC)N1CC(C)OC(c2ccc(F)cc2)C1. The van der Waals surface area contributed by atoms with Crippen LogP contribution in [0.2, 0.25) is 0 Å². The molecular weight excluding hydrogens is 359 g/mol. The number of ether oxygens (including phenoxy) is 2. The molecule has 150 valence electrons. The lowest BCUT2D eigenvalue weighted by atomic mass is 10.1. The molecule has 3 rings (SSSR count). The summed E-state index contributed by atoms with van der Waals surface area (Å²) in [6.07, 6.45) is 1.61. The summed E-state index contributed by atoms with van der Waals surface area (Å²) in [7, 11) is 1.77. The molecule has 1 N–H and O–H groups in total. The fraction of sp³-hybridized carbons (Fsp3) is 0.429. The molecule has 1 saturated heterocycles. The molecule has 1 aromatic carbocycles. The number of halogens is 1. The van der Waals surface area contributed by atoms with Gasteiger partial charge in [-0.15, -0.1) is 0 Å². The average molecular weight is 386 g/mol. The Morgan fingerprint density at radius 2 is 2.11 bits per heavy atom. The highest BCUT2D eigenvalue weighted by atomic mass is 19.1. The summed E-state index contributed by atoms with van der Waals surface area (Å²) >= 11 is 0. The van der Waals surface area contributed by atoms with Crippen LogP contribution < -0.4 is 10.1 Å². The predicted octanol–water partition coefficient (Wildman–Crippen LogP) is 3.16. The molecule has 2 heterocycles. The number of aromatic nitrogens is 1. The first-order valence-electron chi connectivity index (χ1n) is 9.54. The van der Waals surface area contributed by atoms with E-state index in [0.717, 1.165) is 23.6 Å². The van der Waals surface area contributed by atoms with Gasteiger partial charge in [-0.3, -0.25) is 4.99 Å². The minimum absolute atomic E-state index is 0.0275. The van der Waals surface area contributed by atoms with Gasteiger partial charge in [0.05, 0.1) is 19.3 Å². The predicted molar refractivity (Wildman–Crippen MR) is 107 cm³/mol. The molecule has 7 heteroatoms. The van der Waals surface area contributed by atoms with Gasteiger partial charge in [0, 0.05) is 31.9 Å². The van der Waals surface area contributed by atoms with Crippen LogP contribution in [0, 0.1) is 5.82 Å². The zero-order chi connectivity index (χ0) is 19.9. The highest BCUT2D eigenvalue weighted by Crippen LogP contribution is 2.25. The van der Waals surface area contributed by atoms with E-state index in [0.29, 0.717) is 25.6 Å². The summed E-state index contributed by atoms with van der Waals surface area (Å²) in [6.45, 7) is 6.46. The Kier molecular flexibility index (Phi) is 6.81. The van der Waals surface area contributed by atoms with Crippen molar-refractivity contribution in [2.24, 2.45) is 4.99 Å². The van der Waals surface area contributed by atoms with Gasteiger partial charge in [-0.2, -0.15) is 0 Å². The van der Waals surface area contributed by atoms with Gasteiger partial charge in [0.1, 0.15) is 11.9 Å². The first-order chi connectivity index (χ1) is 13.6. The number of nitrogens with zero attached hydrogens (tertiary/aromatic N) is 3. The lowest BCUT2D eigenvalue weighted by Crippen LogP contribution is -2.50. The van der Waals surface area contributed by atoms with E-state index in [2.05, 4.69) is 20.2 Å². The zero-order valence-corrected chi connectivity index (χ0v) is 16.6. The van der Waals surface area contributed by atoms with Crippen LogP contribution in [0.15, 0.2) is 47.6 Å². The second-order valence-electron chi connectivity index (χ2n) is 6.69. The maximum absolute atomic E-state index is 13.2. The van der Waals surface area contributed by atoms with Crippen LogP contribution in [-0.4, -0.2) is 48.7 Å². The minimum Gasteiger partial charge on any atom is -0.478 e. The number of aliphatic imine (C=N–C) groups is 1. The molecule has 1 aliphatic rings. The quantitative estimate of drug-likeness (QED) is 0.632. The van der Waals surface area contributed by atoms with Gasteiger partial charge in [-0.25, -0.2) is 9.37 Å². The molecule has 0 spiro atoms. The van der Waals surface area contributed by atoms with E-state index in [9.17, 15) is 4.39 Å². The number of pyridine rings is 1. The highest BCUT2D eigenvalue weighted by Gasteiger charge is 2.28. The molecule has 0 amide bonds. The molecular formula is C21H27FN4O2. The van der Waals surface area contributed by atoms with Gasteiger partial charge in [-0.05, 0) is 37.6 Å². The van der Waals surface area contributed by atoms with Gasteiger partial charge in [0.2, 0.25) is 5.88 Å². The Bertz CT molecular complexity index is 797. The summed E-state index contributed by atoms with van der Waals surface area (Å²) in [5, 5.41) is 3.40. The van der Waals surface area contributed by atoms with Crippen molar-refractivity contribution in [3.8, 4) is 5.88 Å². The molecule has 2 aromatic rings. The monoisotopic (exact) mass is 386 g/mol. The van der Waals surface area contributed by atoms with Crippen molar-refractivity contribution in [3.05, 3.63) is 59.5 Å². The van der Waals surface area contributed by atoms with Crippen LogP contribution in [-0.2, 0) is 11.3 Å². The summed E-state index contributed by atoms with van der Waals surface area (Å²) in [5.74, 6) is 1.17. The van der Waals surface area contributed by atoms with Gasteiger partial charge < -0.3 is 19.7 Å². The third-order valence-corrected chi connectivity index (χ3v) is 4.58. The third kappa shape index (κ3) is 4.98. The molecule has 2 atom stereocenters. The molecule has 1 aromatic heterocycles. The smallest absolute Gasteiger partial charge is 0.218 e. The Labute approximate surface area is 165 Å². The van der Waals surface area contributed by atoms with Crippen LogP contribution in [0.25, 0.3) is 0 Å². The van der Waals surface area contributed by atoms with E-state index in [-0.39, 0.29) is 18.0 Å². The maximum Gasteiger partial charge on any atom is 0.218 e. The highest BCUT2D eigenvalue weighted by molar-refractivity contribution is 5.80. The van der Waals surface area contributed by atoms with Crippen molar-refractivity contribution in [2.75, 3.05) is 26.7 Å². The van der Waals surface area contributed by atoms with Crippen molar-refractivity contribution < 1.29 is 13.9 Å². The molecule has 0 saturated carbocycles. The fourth-order valence-corrected chi connectivity index (χ4v) is 3.32. The summed E-state index contributed by atoms with van der Waals surface area (Å²) in [6, 6.07) is 10.4. The van der Waals surface area contributed by atoms with Crippen molar-refractivity contribution in [2.45, 2.75) is 32.6 Å². The normalized spacial score (nSPS) is 20.1. The second-order valence-corrected chi connectivity index (χ2v) is 6.69. The van der Waals surface area contributed by atoms with Gasteiger partial charge in [0.25, 0.3) is 0 Å². The summed E-state index contributed by atoms with van der Waals surface area (Å²) < 4.78 is 24.9. The Morgan fingerprint density at radius 3 is 2.82 bits per heavy atom. The summed E-state index contributed by atoms with van der Waals surface area (Å²) in [5.41, 5.74) is 1.93. The first kappa shape index (κ1) is 20.1. The average Bonchev–Trinajstić information content (AvgIpc) is 2.70.